The third-order valence-electron chi connectivity index (χ3n) is 13.2. The number of hydrogen-bond donors (Lipinski definition) is 0. The van der Waals surface area contributed by atoms with Crippen LogP contribution in [0, 0.1) is 0 Å². The first-order valence-corrected chi connectivity index (χ1v) is 22.2. The molecule has 1 aromatic heterocycles. The highest BCUT2D eigenvalue weighted by atomic mass is 32.2. The molecule has 0 saturated heterocycles. The maximum absolute atomic E-state index is 2.55. The van der Waals surface area contributed by atoms with Crippen LogP contribution in [0.2, 0.25) is 0 Å². The zero-order chi connectivity index (χ0) is 40.8. The van der Waals surface area contributed by atoms with E-state index in [9.17, 15) is 0 Å². The Morgan fingerprint density at radius 1 is 0.387 bits per heavy atom. The summed E-state index contributed by atoms with van der Waals surface area (Å²) < 4.78 is 2.40. The number of anilines is 3. The molecule has 2 nitrogen and oxygen atoms in total. The van der Waals surface area contributed by atoms with Gasteiger partial charge in [-0.2, -0.15) is 0 Å². The van der Waals surface area contributed by atoms with Crippen molar-refractivity contribution in [1.29, 1.82) is 0 Å². The molecule has 0 unspecified atom stereocenters. The predicted octanol–water partition coefficient (Wildman–Crippen LogP) is 15.9. The van der Waals surface area contributed by atoms with Crippen LogP contribution in [0.4, 0.5) is 17.1 Å². The van der Waals surface area contributed by atoms with Gasteiger partial charge in [0.1, 0.15) is 0 Å². The summed E-state index contributed by atoms with van der Waals surface area (Å²) in [5.41, 5.74) is 16.6. The number of benzene rings is 10. The normalized spacial score (nSPS) is 13.2. The van der Waals surface area contributed by atoms with Gasteiger partial charge >= 0.3 is 0 Å². The molecule has 290 valence electrons. The lowest BCUT2D eigenvalue weighted by molar-refractivity contribution is 0.723. The van der Waals surface area contributed by atoms with Crippen LogP contribution in [0.5, 0.6) is 0 Å². The summed E-state index contributed by atoms with van der Waals surface area (Å²) >= 11 is 1.89. The fourth-order valence-corrected chi connectivity index (χ4v) is 12.0. The van der Waals surface area contributed by atoms with E-state index in [-0.39, 0.29) is 0 Å². The maximum Gasteiger partial charge on any atom is 0.0736 e. The molecule has 0 bridgehead atoms. The smallest absolute Gasteiger partial charge is 0.0736 e. The van der Waals surface area contributed by atoms with Crippen molar-refractivity contribution in [2.75, 3.05) is 4.90 Å². The van der Waals surface area contributed by atoms with Crippen molar-refractivity contribution in [1.82, 2.24) is 4.57 Å². The Bertz CT molecular complexity index is 3520. The molecule has 10 aromatic carbocycles. The van der Waals surface area contributed by atoms with Gasteiger partial charge in [-0.1, -0.05) is 182 Å². The molecule has 0 radical (unpaired) electrons. The van der Waals surface area contributed by atoms with E-state index in [1.165, 1.54) is 86.9 Å². The quantitative estimate of drug-likeness (QED) is 0.171. The van der Waals surface area contributed by atoms with Crippen LogP contribution < -0.4 is 4.90 Å². The summed E-state index contributed by atoms with van der Waals surface area (Å²) in [6, 6.07) is 85.4. The van der Waals surface area contributed by atoms with Gasteiger partial charge in [0, 0.05) is 43.1 Å². The summed E-state index contributed by atoms with van der Waals surface area (Å²) in [5.74, 6) is 0. The molecule has 0 atom stereocenters. The van der Waals surface area contributed by atoms with Gasteiger partial charge in [0.05, 0.1) is 27.8 Å². The average Bonchev–Trinajstić information content (AvgIpc) is 3.83. The number of rotatable bonds is 5. The van der Waals surface area contributed by atoms with Crippen molar-refractivity contribution in [2.45, 2.75) is 15.2 Å². The summed E-state index contributed by atoms with van der Waals surface area (Å²) in [6.45, 7) is 0. The largest absolute Gasteiger partial charge is 0.309 e. The molecular weight excluding hydrogens is 769 g/mol. The minimum atomic E-state index is -0.527. The minimum absolute atomic E-state index is 0.527. The number of fused-ring (bicyclic) bond motifs is 14. The Hall–Kier alpha value is -7.59. The molecule has 2 heterocycles. The highest BCUT2D eigenvalue weighted by Crippen LogP contribution is 2.65. The van der Waals surface area contributed by atoms with E-state index in [1.807, 2.05) is 11.8 Å². The van der Waals surface area contributed by atoms with Crippen molar-refractivity contribution < 1.29 is 0 Å². The predicted molar refractivity (Wildman–Crippen MR) is 260 cm³/mol. The number of nitrogens with zero attached hydrogens (tertiary/aromatic N) is 2. The van der Waals surface area contributed by atoms with Crippen LogP contribution in [-0.2, 0) is 5.41 Å². The molecule has 13 rings (SSSR count). The molecule has 0 saturated carbocycles. The molecule has 1 aliphatic heterocycles. The van der Waals surface area contributed by atoms with Crippen LogP contribution in [0.25, 0.3) is 60.5 Å². The molecule has 0 fully saturated rings. The Morgan fingerprint density at radius 3 is 1.79 bits per heavy atom. The lowest BCUT2D eigenvalue weighted by Crippen LogP contribution is -2.32. The fourth-order valence-electron chi connectivity index (χ4n) is 10.8. The molecule has 1 aliphatic carbocycles. The molecule has 2 aliphatic rings. The third kappa shape index (κ3) is 4.94. The molecule has 62 heavy (non-hydrogen) atoms. The second kappa shape index (κ2) is 13.7. The highest BCUT2D eigenvalue weighted by Gasteiger charge is 2.51. The third-order valence-corrected chi connectivity index (χ3v) is 14.4. The lowest BCUT2D eigenvalue weighted by atomic mass is 9.67. The van der Waals surface area contributed by atoms with E-state index in [4.69, 9.17) is 0 Å². The maximum atomic E-state index is 2.55. The highest BCUT2D eigenvalue weighted by molar-refractivity contribution is 7.99. The first kappa shape index (κ1) is 35.2. The second-order valence-corrected chi connectivity index (χ2v) is 17.4. The second-order valence-electron chi connectivity index (χ2n) is 16.4. The van der Waals surface area contributed by atoms with Crippen LogP contribution in [0.3, 0.4) is 0 Å². The minimum Gasteiger partial charge on any atom is -0.309 e. The van der Waals surface area contributed by atoms with E-state index in [0.29, 0.717) is 0 Å². The summed E-state index contributed by atoms with van der Waals surface area (Å²) in [4.78, 5) is 5.15. The van der Waals surface area contributed by atoms with Crippen molar-refractivity contribution >= 4 is 61.4 Å². The van der Waals surface area contributed by atoms with Crippen molar-refractivity contribution in [3.05, 3.63) is 253 Å². The Kier molecular flexibility index (Phi) is 7.79. The van der Waals surface area contributed by atoms with Gasteiger partial charge in [-0.15, -0.1) is 0 Å². The van der Waals surface area contributed by atoms with Gasteiger partial charge in [-0.25, -0.2) is 0 Å². The number of para-hydroxylation sites is 3. The SMILES string of the molecule is c1ccc(-c2ccccc2N(c2ccc3c(c2)c2ccccc2n3-c2ccccc2)c2cccc3c2-c2c(ccc4ccccc24)C32c3ccccc3Sc3ccccc32)cc1. The molecule has 0 amide bonds. The number of aromatic nitrogens is 1. The van der Waals surface area contributed by atoms with E-state index >= 15 is 0 Å². The van der Waals surface area contributed by atoms with E-state index in [1.54, 1.807) is 0 Å². The molecule has 3 heteroatoms. The first-order chi connectivity index (χ1) is 30.8. The van der Waals surface area contributed by atoms with Crippen LogP contribution >= 0.6 is 11.8 Å². The van der Waals surface area contributed by atoms with Gasteiger partial charge < -0.3 is 9.47 Å². The van der Waals surface area contributed by atoms with E-state index in [2.05, 4.69) is 240 Å². The standard InChI is InChI=1S/C59H38N2S/c1-3-18-39(19-4-1)43-23-9-13-29-51(43)61(42-35-37-53-46(38-42)45-25-10-14-30-52(45)60(53)41-21-5-2-6-22-41)54-31-17-28-49-58(54)57-44-24-8-7-20-40(44)34-36-50(57)59(49)47-26-11-15-32-55(47)62-56-33-16-12-27-48(56)59/h1-38H. The van der Waals surface area contributed by atoms with Gasteiger partial charge in [0.2, 0.25) is 0 Å². The Balaban J connectivity index is 1.17. The molecule has 11 aromatic rings. The van der Waals surface area contributed by atoms with Gasteiger partial charge in [0.15, 0.2) is 0 Å². The average molecular weight is 807 g/mol. The first-order valence-electron chi connectivity index (χ1n) is 21.4. The zero-order valence-electron chi connectivity index (χ0n) is 33.7. The molecule has 0 N–H and O–H groups in total. The van der Waals surface area contributed by atoms with Gasteiger partial charge in [-0.05, 0) is 105 Å². The van der Waals surface area contributed by atoms with E-state index in [0.717, 1.165) is 22.7 Å². The van der Waals surface area contributed by atoms with Gasteiger partial charge in [-0.3, -0.25) is 0 Å². The summed E-state index contributed by atoms with van der Waals surface area (Å²) in [6.07, 6.45) is 0. The fraction of sp³-hybridized carbons (Fsp3) is 0.0169. The van der Waals surface area contributed by atoms with Crippen molar-refractivity contribution in [3.8, 4) is 27.9 Å². The zero-order valence-corrected chi connectivity index (χ0v) is 34.6. The topological polar surface area (TPSA) is 8.17 Å². The van der Waals surface area contributed by atoms with Crippen molar-refractivity contribution in [2.24, 2.45) is 0 Å². The van der Waals surface area contributed by atoms with Crippen LogP contribution in [-0.4, -0.2) is 4.57 Å². The summed E-state index contributed by atoms with van der Waals surface area (Å²) in [5, 5.41) is 4.95. The lowest BCUT2D eigenvalue weighted by Gasteiger charge is -2.40. The van der Waals surface area contributed by atoms with Crippen molar-refractivity contribution in [3.63, 3.8) is 0 Å². The Morgan fingerprint density at radius 2 is 0.984 bits per heavy atom. The molecular formula is C59H38N2S. The molecule has 1 spiro atoms. The monoisotopic (exact) mass is 806 g/mol. The van der Waals surface area contributed by atoms with Crippen LogP contribution in [0.1, 0.15) is 22.3 Å². The van der Waals surface area contributed by atoms with Gasteiger partial charge in [0.25, 0.3) is 0 Å². The Labute approximate surface area is 365 Å². The summed E-state index contributed by atoms with van der Waals surface area (Å²) in [7, 11) is 0. The van der Waals surface area contributed by atoms with Crippen LogP contribution in [0.15, 0.2) is 240 Å². The number of hydrogen-bond acceptors (Lipinski definition) is 2. The van der Waals surface area contributed by atoms with E-state index < -0.39 is 5.41 Å².